The summed E-state index contributed by atoms with van der Waals surface area (Å²) in [6, 6.07) is 0. The first-order valence-electron chi connectivity index (χ1n) is 3.73. The number of halogens is 4. The van der Waals surface area contributed by atoms with Gasteiger partial charge in [-0.3, -0.25) is 0 Å². The Morgan fingerprint density at radius 1 is 1.50 bits per heavy atom. The quantitative estimate of drug-likeness (QED) is 0.682. The van der Waals surface area contributed by atoms with Crippen LogP contribution in [0.3, 0.4) is 0 Å². The van der Waals surface area contributed by atoms with Gasteiger partial charge in [0.1, 0.15) is 4.60 Å². The van der Waals surface area contributed by atoms with Crippen LogP contribution < -0.4 is 0 Å². The lowest BCUT2D eigenvalue weighted by molar-refractivity contribution is 0.146. The molecule has 1 aromatic heterocycles. The first-order chi connectivity index (χ1) is 6.61. The molecular weight excluding hydrogens is 324 g/mol. The highest BCUT2D eigenvalue weighted by atomic mass is 79.9. The van der Waals surface area contributed by atoms with E-state index in [1.54, 1.807) is 0 Å². The fourth-order valence-corrected chi connectivity index (χ4v) is 2.51. The molecule has 0 aliphatic heterocycles. The first kappa shape index (κ1) is 12.0. The van der Waals surface area contributed by atoms with Crippen LogP contribution >= 0.6 is 31.9 Å². The van der Waals surface area contributed by atoms with Crippen LogP contribution in [0, 0.1) is 0 Å². The summed E-state index contributed by atoms with van der Waals surface area (Å²) in [5.74, 6) is 0. The van der Waals surface area contributed by atoms with E-state index in [0.717, 1.165) is 0 Å². The topological polar surface area (TPSA) is 33.1 Å². The van der Waals surface area contributed by atoms with E-state index in [2.05, 4.69) is 36.8 Å². The maximum Gasteiger partial charge on any atom is 0.264 e. The first-order valence-corrected chi connectivity index (χ1v) is 5.64. The van der Waals surface area contributed by atoms with Gasteiger partial charge < -0.3 is 5.11 Å². The minimum absolute atomic E-state index is 0.147. The average molecular weight is 331 g/mol. The summed E-state index contributed by atoms with van der Waals surface area (Å²) in [5, 5.41) is 9.15. The van der Waals surface area contributed by atoms with Crippen molar-refractivity contribution in [2.45, 2.75) is 18.4 Å². The van der Waals surface area contributed by atoms with Crippen molar-refractivity contribution in [2.75, 3.05) is 0 Å². The predicted molar refractivity (Wildman–Crippen MR) is 55.4 cm³/mol. The fraction of sp³-hybridized carbons (Fsp3) is 0.375. The van der Waals surface area contributed by atoms with E-state index in [4.69, 9.17) is 5.11 Å². The lowest BCUT2D eigenvalue weighted by atomic mass is 10.1. The highest BCUT2D eigenvalue weighted by Gasteiger charge is 2.19. The lowest BCUT2D eigenvalue weighted by Crippen LogP contribution is -2.02. The molecule has 0 aromatic carbocycles. The van der Waals surface area contributed by atoms with E-state index in [1.807, 2.05) is 0 Å². The molecule has 1 heterocycles. The van der Waals surface area contributed by atoms with Gasteiger partial charge in [-0.25, -0.2) is 13.8 Å². The monoisotopic (exact) mass is 329 g/mol. The van der Waals surface area contributed by atoms with Crippen LogP contribution in [0.2, 0.25) is 0 Å². The van der Waals surface area contributed by atoms with Gasteiger partial charge in [0, 0.05) is 28.2 Å². The Morgan fingerprint density at radius 3 is 2.57 bits per heavy atom. The van der Waals surface area contributed by atoms with Crippen LogP contribution in [0.4, 0.5) is 8.78 Å². The molecule has 0 aliphatic carbocycles. The molecule has 0 saturated heterocycles. The largest absolute Gasteiger partial charge is 0.392 e. The number of pyridine rings is 1. The number of aliphatic hydroxyl groups is 1. The highest BCUT2D eigenvalue weighted by molar-refractivity contribution is 9.10. The van der Waals surface area contributed by atoms with Crippen LogP contribution in [-0.2, 0) is 11.9 Å². The maximum atomic E-state index is 12.7. The molecule has 78 valence electrons. The van der Waals surface area contributed by atoms with Crippen molar-refractivity contribution in [1.29, 1.82) is 0 Å². The summed E-state index contributed by atoms with van der Waals surface area (Å²) in [4.78, 5) is 3.86. The van der Waals surface area contributed by atoms with E-state index >= 15 is 0 Å². The average Bonchev–Trinajstić information content (AvgIpc) is 2.17. The molecule has 0 fully saturated rings. The third-order valence-electron chi connectivity index (χ3n) is 1.78. The summed E-state index contributed by atoms with van der Waals surface area (Å²) in [7, 11) is 0. The Bertz CT molecular complexity index is 333. The Labute approximate surface area is 96.6 Å². The molecule has 6 heteroatoms. The van der Waals surface area contributed by atoms with Crippen molar-refractivity contribution < 1.29 is 13.9 Å². The normalized spacial score (nSPS) is 11.0. The fourth-order valence-electron chi connectivity index (χ4n) is 1.11. The number of rotatable bonds is 3. The molecule has 0 amide bonds. The van der Waals surface area contributed by atoms with Crippen LogP contribution in [-0.4, -0.2) is 10.1 Å². The zero-order valence-corrected chi connectivity index (χ0v) is 10.1. The second-order valence-corrected chi connectivity index (χ2v) is 3.87. The van der Waals surface area contributed by atoms with Crippen molar-refractivity contribution in [1.82, 2.24) is 4.98 Å². The van der Waals surface area contributed by atoms with E-state index in [1.165, 1.54) is 6.20 Å². The number of alkyl halides is 3. The number of aliphatic hydroxyl groups excluding tert-OH is 1. The molecule has 0 spiro atoms. The Kier molecular flexibility index (Phi) is 4.40. The number of hydrogen-bond acceptors (Lipinski definition) is 2. The number of aromatic nitrogens is 1. The lowest BCUT2D eigenvalue weighted by Gasteiger charge is -2.11. The van der Waals surface area contributed by atoms with Gasteiger partial charge in [0.2, 0.25) is 0 Å². The van der Waals surface area contributed by atoms with E-state index in [0.29, 0.717) is 10.2 Å². The molecule has 0 atom stereocenters. The van der Waals surface area contributed by atoms with Gasteiger partial charge >= 0.3 is 0 Å². The number of nitrogens with zero attached hydrogens (tertiary/aromatic N) is 1. The van der Waals surface area contributed by atoms with Crippen LogP contribution in [0.15, 0.2) is 10.8 Å². The highest BCUT2D eigenvalue weighted by Crippen LogP contribution is 2.31. The van der Waals surface area contributed by atoms with Gasteiger partial charge in [0.15, 0.2) is 0 Å². The summed E-state index contributed by atoms with van der Waals surface area (Å²) in [6.07, 6.45) is -1.36. The Morgan fingerprint density at radius 2 is 2.14 bits per heavy atom. The minimum atomic E-state index is -2.61. The molecule has 1 aromatic rings. The smallest absolute Gasteiger partial charge is 0.264 e. The molecule has 14 heavy (non-hydrogen) atoms. The van der Waals surface area contributed by atoms with Gasteiger partial charge in [0.25, 0.3) is 6.43 Å². The molecule has 0 bridgehead atoms. The molecule has 0 aliphatic rings. The Hall–Kier alpha value is -0.0700. The predicted octanol–water partition coefficient (Wildman–Crippen LogP) is 3.17. The standard InChI is InChI=1S/C8H7Br2F2NO/c9-1-5-6(8(11)12)4(3-14)2-13-7(5)10/h2,8,14H,1,3H2. The van der Waals surface area contributed by atoms with Crippen LogP contribution in [0.5, 0.6) is 0 Å². The van der Waals surface area contributed by atoms with Crippen molar-refractivity contribution in [3.8, 4) is 0 Å². The molecule has 0 radical (unpaired) electrons. The maximum absolute atomic E-state index is 12.7. The zero-order valence-electron chi connectivity index (χ0n) is 6.98. The molecule has 0 unspecified atom stereocenters. The van der Waals surface area contributed by atoms with Gasteiger partial charge in [-0.1, -0.05) is 15.9 Å². The van der Waals surface area contributed by atoms with E-state index in [-0.39, 0.29) is 16.5 Å². The minimum Gasteiger partial charge on any atom is -0.392 e. The van der Waals surface area contributed by atoms with Crippen LogP contribution in [0.1, 0.15) is 23.1 Å². The van der Waals surface area contributed by atoms with Gasteiger partial charge in [-0.05, 0) is 15.9 Å². The summed E-state index contributed by atoms with van der Waals surface area (Å²) >= 11 is 6.19. The Balaban J connectivity index is 3.36. The van der Waals surface area contributed by atoms with Crippen molar-refractivity contribution >= 4 is 31.9 Å². The molecule has 1 rings (SSSR count). The van der Waals surface area contributed by atoms with Crippen molar-refractivity contribution in [3.63, 3.8) is 0 Å². The molecule has 0 saturated carbocycles. The third-order valence-corrected chi connectivity index (χ3v) is 3.02. The second kappa shape index (κ2) is 5.14. The summed E-state index contributed by atoms with van der Waals surface area (Å²) in [5.41, 5.74) is 0.399. The van der Waals surface area contributed by atoms with Gasteiger partial charge in [-0.2, -0.15) is 0 Å². The van der Waals surface area contributed by atoms with Crippen molar-refractivity contribution in [2.24, 2.45) is 0 Å². The summed E-state index contributed by atoms with van der Waals surface area (Å²) < 4.78 is 25.7. The molecular formula is C8H7Br2F2NO. The SMILES string of the molecule is OCc1cnc(Br)c(CBr)c1C(F)F. The molecule has 2 nitrogen and oxygen atoms in total. The zero-order chi connectivity index (χ0) is 10.7. The van der Waals surface area contributed by atoms with Crippen LogP contribution in [0.25, 0.3) is 0 Å². The van der Waals surface area contributed by atoms with E-state index < -0.39 is 13.0 Å². The van der Waals surface area contributed by atoms with Gasteiger partial charge in [-0.15, -0.1) is 0 Å². The summed E-state index contributed by atoms with van der Waals surface area (Å²) in [6.45, 7) is -0.431. The third kappa shape index (κ3) is 2.29. The number of hydrogen-bond donors (Lipinski definition) is 1. The second-order valence-electron chi connectivity index (χ2n) is 2.56. The van der Waals surface area contributed by atoms with Gasteiger partial charge in [0.05, 0.1) is 6.61 Å². The van der Waals surface area contributed by atoms with E-state index in [9.17, 15) is 8.78 Å². The molecule has 1 N–H and O–H groups in total. The van der Waals surface area contributed by atoms with Crippen molar-refractivity contribution in [3.05, 3.63) is 27.5 Å².